The van der Waals surface area contributed by atoms with Crippen LogP contribution in [0.25, 0.3) is 0 Å². The summed E-state index contributed by atoms with van der Waals surface area (Å²) in [7, 11) is 0. The number of hydroxylamine groups is 6. The van der Waals surface area contributed by atoms with Gasteiger partial charge in [0.25, 0.3) is 5.91 Å². The minimum Gasteiger partial charge on any atom is -0.356 e. The SMILES string of the molecule is CCCCCCN(O)C(=O)CCC(=O)NCCCCCN(O)C(=O)CCC(=O)NCCCCCN(O)C(=O)C(C)(C)CC(=O)C(C)C. The molecule has 0 radical (unpaired) electrons. The minimum absolute atomic E-state index is 0.00972. The molecule has 0 aromatic carbocycles. The number of rotatable bonds is 27. The molecule has 5 N–H and O–H groups in total. The second-order valence-corrected chi connectivity index (χ2v) is 13.0. The van der Waals surface area contributed by atoms with Gasteiger partial charge in [0.15, 0.2) is 0 Å². The molecule has 0 atom stereocenters. The lowest BCUT2D eigenvalue weighted by Gasteiger charge is -2.27. The molecule has 14 nitrogen and oxygen atoms in total. The lowest BCUT2D eigenvalue weighted by atomic mass is 9.83. The first-order valence-electron chi connectivity index (χ1n) is 17.2. The number of amides is 5. The number of ketones is 1. The quantitative estimate of drug-likeness (QED) is 0.0487. The fourth-order valence-electron chi connectivity index (χ4n) is 4.56. The molecular weight excluding hydrogens is 610 g/mol. The number of hydrogen-bond donors (Lipinski definition) is 5. The zero-order valence-electron chi connectivity index (χ0n) is 29.4. The van der Waals surface area contributed by atoms with E-state index in [9.17, 15) is 44.4 Å². The predicted octanol–water partition coefficient (Wildman–Crippen LogP) is 3.99. The van der Waals surface area contributed by atoms with Gasteiger partial charge in [0.05, 0.1) is 5.41 Å². The van der Waals surface area contributed by atoms with E-state index in [-0.39, 0.29) is 75.3 Å². The normalized spacial score (nSPS) is 11.3. The van der Waals surface area contributed by atoms with Crippen LogP contribution >= 0.6 is 0 Å². The van der Waals surface area contributed by atoms with Crippen molar-refractivity contribution in [2.24, 2.45) is 11.3 Å². The van der Waals surface area contributed by atoms with Crippen molar-refractivity contribution in [1.82, 2.24) is 25.8 Å². The highest BCUT2D eigenvalue weighted by atomic mass is 16.5. The molecule has 47 heavy (non-hydrogen) atoms. The summed E-state index contributed by atoms with van der Waals surface area (Å²) < 4.78 is 0. The van der Waals surface area contributed by atoms with Crippen LogP contribution in [0.15, 0.2) is 0 Å². The highest BCUT2D eigenvalue weighted by Crippen LogP contribution is 2.25. The Hall–Kier alpha value is -3.10. The molecule has 14 heteroatoms. The van der Waals surface area contributed by atoms with Gasteiger partial charge >= 0.3 is 0 Å². The first-order valence-corrected chi connectivity index (χ1v) is 17.2. The topological polar surface area (TPSA) is 197 Å². The van der Waals surface area contributed by atoms with Crippen LogP contribution in [0.1, 0.15) is 131 Å². The van der Waals surface area contributed by atoms with Crippen LogP contribution in [-0.2, 0) is 28.8 Å². The number of unbranched alkanes of at least 4 members (excludes halogenated alkanes) is 7. The molecule has 0 spiro atoms. The third-order valence-corrected chi connectivity index (χ3v) is 7.74. The van der Waals surface area contributed by atoms with E-state index in [2.05, 4.69) is 17.6 Å². The number of hydrogen-bond acceptors (Lipinski definition) is 9. The Morgan fingerprint density at radius 3 is 1.40 bits per heavy atom. The molecule has 0 fully saturated rings. The van der Waals surface area contributed by atoms with Crippen molar-refractivity contribution in [3.63, 3.8) is 0 Å². The molecule has 0 aliphatic carbocycles. The van der Waals surface area contributed by atoms with Crippen LogP contribution in [0.5, 0.6) is 0 Å². The lowest BCUT2D eigenvalue weighted by Crippen LogP contribution is -2.41. The first kappa shape index (κ1) is 43.9. The fourth-order valence-corrected chi connectivity index (χ4v) is 4.56. The Morgan fingerprint density at radius 2 is 1.00 bits per heavy atom. The summed E-state index contributed by atoms with van der Waals surface area (Å²) >= 11 is 0. The van der Waals surface area contributed by atoms with Gasteiger partial charge in [0.1, 0.15) is 5.78 Å². The maximum absolute atomic E-state index is 12.5. The van der Waals surface area contributed by atoms with Gasteiger partial charge in [-0.3, -0.25) is 44.4 Å². The van der Waals surface area contributed by atoms with E-state index >= 15 is 0 Å². The maximum atomic E-state index is 12.5. The van der Waals surface area contributed by atoms with Crippen molar-refractivity contribution >= 4 is 35.3 Å². The Kier molecular flexibility index (Phi) is 23.3. The molecule has 0 unspecified atom stereocenters. The van der Waals surface area contributed by atoms with Crippen LogP contribution in [-0.4, -0.2) is 98.9 Å². The van der Waals surface area contributed by atoms with Gasteiger partial charge < -0.3 is 10.6 Å². The Balaban J connectivity index is 3.93. The maximum Gasteiger partial charge on any atom is 0.252 e. The van der Waals surface area contributed by atoms with Crippen molar-refractivity contribution < 1.29 is 44.4 Å². The van der Waals surface area contributed by atoms with Crippen LogP contribution in [0.4, 0.5) is 0 Å². The number of nitrogens with zero attached hydrogens (tertiary/aromatic N) is 3. The third kappa shape index (κ3) is 21.4. The number of Topliss-reactive ketones (excluding diaryl/α,β-unsaturated/α-hetero) is 1. The molecular formula is C33H61N5O9. The van der Waals surface area contributed by atoms with Crippen molar-refractivity contribution in [2.45, 2.75) is 131 Å². The molecule has 0 saturated carbocycles. The van der Waals surface area contributed by atoms with E-state index in [1.165, 1.54) is 0 Å². The predicted molar refractivity (Wildman–Crippen MR) is 175 cm³/mol. The van der Waals surface area contributed by atoms with Crippen molar-refractivity contribution in [3.05, 3.63) is 0 Å². The summed E-state index contributed by atoms with van der Waals surface area (Å²) in [5.41, 5.74) is -0.993. The molecule has 0 aromatic heterocycles. The number of nitrogens with one attached hydrogen (secondary N) is 2. The summed E-state index contributed by atoms with van der Waals surface area (Å²) in [4.78, 5) is 72.5. The van der Waals surface area contributed by atoms with Crippen LogP contribution in [0.3, 0.4) is 0 Å². The number of carbonyl (C=O) groups is 6. The zero-order chi connectivity index (χ0) is 35.8. The van der Waals surface area contributed by atoms with E-state index in [0.717, 1.165) is 25.7 Å². The van der Waals surface area contributed by atoms with Crippen molar-refractivity contribution in [1.29, 1.82) is 0 Å². The monoisotopic (exact) mass is 671 g/mol. The highest BCUT2D eigenvalue weighted by Gasteiger charge is 2.34. The smallest absolute Gasteiger partial charge is 0.252 e. The van der Waals surface area contributed by atoms with Gasteiger partial charge in [-0.25, -0.2) is 15.2 Å². The first-order chi connectivity index (χ1) is 22.1. The van der Waals surface area contributed by atoms with Gasteiger partial charge in [0.2, 0.25) is 23.6 Å². The van der Waals surface area contributed by atoms with E-state index in [4.69, 9.17) is 0 Å². The summed E-state index contributed by atoms with van der Waals surface area (Å²) in [5, 5.41) is 37.2. The number of carbonyl (C=O) groups excluding carboxylic acids is 6. The fraction of sp³-hybridized carbons (Fsp3) is 0.818. The van der Waals surface area contributed by atoms with E-state index < -0.39 is 23.1 Å². The van der Waals surface area contributed by atoms with Gasteiger partial charge in [0, 0.05) is 70.7 Å². The Morgan fingerprint density at radius 1 is 0.596 bits per heavy atom. The molecule has 0 aromatic rings. The standard InChI is InChI=1S/C33H61N5O9/c1-6-7-8-13-22-36(45)30(42)18-16-28(40)34-20-11-9-14-23-37(46)31(43)19-17-29(41)35-21-12-10-15-24-38(47)32(44)33(4,5)25-27(39)26(2)3/h26,45-47H,6-25H2,1-5H3,(H,34,40)(H,35,41). The van der Waals surface area contributed by atoms with Gasteiger partial charge in [-0.15, -0.1) is 0 Å². The van der Waals surface area contributed by atoms with Crippen LogP contribution < -0.4 is 10.6 Å². The average molecular weight is 672 g/mol. The Bertz CT molecular complexity index is 974. The minimum atomic E-state index is -0.993. The molecule has 0 aliphatic rings. The van der Waals surface area contributed by atoms with Crippen molar-refractivity contribution in [2.75, 3.05) is 32.7 Å². The largest absolute Gasteiger partial charge is 0.356 e. The average Bonchev–Trinajstić information content (AvgIpc) is 3.02. The molecule has 5 amide bonds. The molecule has 272 valence electrons. The second-order valence-electron chi connectivity index (χ2n) is 13.0. The van der Waals surface area contributed by atoms with E-state index in [0.29, 0.717) is 66.8 Å². The molecule has 0 bridgehead atoms. The summed E-state index contributed by atoms with van der Waals surface area (Å²) in [5.74, 6) is -2.37. The molecule has 0 heterocycles. The summed E-state index contributed by atoms with van der Waals surface area (Å²) in [6, 6.07) is 0. The van der Waals surface area contributed by atoms with Crippen LogP contribution in [0.2, 0.25) is 0 Å². The van der Waals surface area contributed by atoms with E-state index in [1.54, 1.807) is 27.7 Å². The van der Waals surface area contributed by atoms with Crippen molar-refractivity contribution in [3.8, 4) is 0 Å². The van der Waals surface area contributed by atoms with Crippen LogP contribution in [0, 0.1) is 11.3 Å². The summed E-state index contributed by atoms with van der Waals surface area (Å²) in [6.07, 6.45) is 7.08. The highest BCUT2D eigenvalue weighted by molar-refractivity contribution is 5.89. The lowest BCUT2D eigenvalue weighted by molar-refractivity contribution is -0.176. The van der Waals surface area contributed by atoms with Gasteiger partial charge in [-0.1, -0.05) is 53.9 Å². The Labute approximate surface area is 280 Å². The molecule has 0 aliphatic heterocycles. The second kappa shape index (κ2) is 25.0. The third-order valence-electron chi connectivity index (χ3n) is 7.74. The molecule has 0 saturated heterocycles. The van der Waals surface area contributed by atoms with Gasteiger partial charge in [-0.05, 0) is 44.9 Å². The zero-order valence-corrected chi connectivity index (χ0v) is 29.4. The summed E-state index contributed by atoms with van der Waals surface area (Å²) in [6.45, 7) is 10.1. The van der Waals surface area contributed by atoms with E-state index in [1.807, 2.05) is 0 Å². The van der Waals surface area contributed by atoms with Gasteiger partial charge in [-0.2, -0.15) is 0 Å². The molecule has 0 rings (SSSR count).